The van der Waals surface area contributed by atoms with Crippen molar-refractivity contribution in [2.24, 2.45) is 0 Å². The summed E-state index contributed by atoms with van der Waals surface area (Å²) in [4.78, 5) is 16.2. The molecule has 1 fully saturated rings. The highest BCUT2D eigenvalue weighted by atomic mass is 32.2. The second kappa shape index (κ2) is 9.39. The number of carbonyl (C=O) groups excluding carboxylic acids is 1. The largest absolute Gasteiger partial charge is 0.297 e. The third-order valence-electron chi connectivity index (χ3n) is 6.55. The van der Waals surface area contributed by atoms with Crippen molar-refractivity contribution < 1.29 is 13.2 Å². The highest BCUT2D eigenvalue weighted by molar-refractivity contribution is 7.91. The summed E-state index contributed by atoms with van der Waals surface area (Å²) in [5.41, 5.74) is 1.01. The first-order valence-corrected chi connectivity index (χ1v) is 12.8. The zero-order valence-corrected chi connectivity index (χ0v) is 19.2. The molecule has 0 saturated carbocycles. The Bertz CT molecular complexity index is 1150. The van der Waals surface area contributed by atoms with Crippen molar-refractivity contribution in [3.63, 3.8) is 0 Å². The van der Waals surface area contributed by atoms with Gasteiger partial charge in [-0.25, -0.2) is 8.42 Å². The van der Waals surface area contributed by atoms with Crippen LogP contribution in [-0.2, 0) is 26.7 Å². The molecular formula is C27H29NO3S. The Labute approximate surface area is 190 Å². The zero-order valence-electron chi connectivity index (χ0n) is 18.4. The van der Waals surface area contributed by atoms with Crippen molar-refractivity contribution in [1.82, 2.24) is 4.90 Å². The van der Waals surface area contributed by atoms with E-state index < -0.39 is 15.4 Å². The van der Waals surface area contributed by atoms with E-state index in [0.717, 1.165) is 17.5 Å². The van der Waals surface area contributed by atoms with Crippen LogP contribution in [-0.4, -0.2) is 30.9 Å². The average molecular weight is 448 g/mol. The van der Waals surface area contributed by atoms with Crippen LogP contribution in [0.15, 0.2) is 95.9 Å². The first-order chi connectivity index (χ1) is 15.4. The van der Waals surface area contributed by atoms with Gasteiger partial charge in [-0.05, 0) is 43.0 Å². The van der Waals surface area contributed by atoms with Crippen LogP contribution < -0.4 is 0 Å². The number of ketones is 1. The summed E-state index contributed by atoms with van der Waals surface area (Å²) >= 11 is 0. The van der Waals surface area contributed by atoms with Crippen LogP contribution in [0.3, 0.4) is 0 Å². The Hall–Kier alpha value is -2.76. The molecule has 4 nitrogen and oxygen atoms in total. The van der Waals surface area contributed by atoms with E-state index in [1.807, 2.05) is 48.5 Å². The summed E-state index contributed by atoms with van der Waals surface area (Å²) in [5, 5.41) is 0. The highest BCUT2D eigenvalue weighted by Gasteiger charge is 2.49. The molecule has 0 bridgehead atoms. The van der Waals surface area contributed by atoms with Gasteiger partial charge in [0.1, 0.15) is 5.54 Å². The molecule has 1 aliphatic heterocycles. The molecule has 2 unspecified atom stereocenters. The van der Waals surface area contributed by atoms with Gasteiger partial charge in [-0.3, -0.25) is 9.69 Å². The number of carbonyl (C=O) groups is 1. The minimum absolute atomic E-state index is 0.0876. The Morgan fingerprint density at radius 1 is 0.875 bits per heavy atom. The molecule has 0 aromatic heterocycles. The minimum atomic E-state index is -3.52. The highest BCUT2D eigenvalue weighted by Crippen LogP contribution is 2.42. The number of hydrogen-bond acceptors (Lipinski definition) is 4. The molecule has 0 radical (unpaired) electrons. The average Bonchev–Trinajstić information content (AvgIpc) is 2.83. The van der Waals surface area contributed by atoms with Crippen LogP contribution in [0.25, 0.3) is 0 Å². The summed E-state index contributed by atoms with van der Waals surface area (Å²) in [7, 11) is -3.52. The summed E-state index contributed by atoms with van der Waals surface area (Å²) < 4.78 is 26.3. The molecular weight excluding hydrogens is 418 g/mol. The minimum Gasteiger partial charge on any atom is -0.297 e. The lowest BCUT2D eigenvalue weighted by atomic mass is 9.75. The van der Waals surface area contributed by atoms with Gasteiger partial charge < -0.3 is 0 Å². The number of hydrogen-bond donors (Lipinski definition) is 0. The van der Waals surface area contributed by atoms with Crippen LogP contribution in [0.4, 0.5) is 0 Å². The van der Waals surface area contributed by atoms with Crippen molar-refractivity contribution in [3.05, 3.63) is 102 Å². The molecule has 1 saturated heterocycles. The van der Waals surface area contributed by atoms with E-state index in [2.05, 4.69) is 24.0 Å². The summed E-state index contributed by atoms with van der Waals surface area (Å²) in [6.07, 6.45) is 1.45. The van der Waals surface area contributed by atoms with Gasteiger partial charge in [0, 0.05) is 19.0 Å². The maximum absolute atomic E-state index is 13.7. The van der Waals surface area contributed by atoms with Crippen molar-refractivity contribution in [2.45, 2.75) is 49.2 Å². The first kappa shape index (κ1) is 22.4. The number of Topliss-reactive ketones (excluding diaryl/α,β-unsaturated/α-hetero) is 1. The maximum Gasteiger partial charge on any atom is 0.178 e. The first-order valence-electron chi connectivity index (χ1n) is 11.1. The summed E-state index contributed by atoms with van der Waals surface area (Å²) in [6.45, 7) is 2.73. The molecule has 3 aromatic rings. The molecule has 4 rings (SSSR count). The predicted molar refractivity (Wildman–Crippen MR) is 127 cm³/mol. The lowest BCUT2D eigenvalue weighted by Crippen LogP contribution is -2.59. The molecule has 0 amide bonds. The molecule has 0 spiro atoms. The third kappa shape index (κ3) is 4.41. The van der Waals surface area contributed by atoms with Crippen LogP contribution in [0, 0.1) is 0 Å². The zero-order chi connectivity index (χ0) is 22.6. The lowest BCUT2D eigenvalue weighted by molar-refractivity contribution is -0.140. The molecule has 0 aliphatic carbocycles. The number of sulfone groups is 1. The van der Waals surface area contributed by atoms with Gasteiger partial charge in [0.25, 0.3) is 0 Å². The fourth-order valence-corrected chi connectivity index (χ4v) is 6.18. The fraction of sp³-hybridized carbons (Fsp3) is 0.296. The maximum atomic E-state index is 13.7. The van der Waals surface area contributed by atoms with Gasteiger partial charge in [0.15, 0.2) is 15.6 Å². The van der Waals surface area contributed by atoms with Gasteiger partial charge in [0.2, 0.25) is 0 Å². The number of likely N-dealkylation sites (tertiary alicyclic amines) is 1. The van der Waals surface area contributed by atoms with Gasteiger partial charge in [-0.2, -0.15) is 0 Å². The predicted octanol–water partition coefficient (Wildman–Crippen LogP) is 5.00. The van der Waals surface area contributed by atoms with Crippen molar-refractivity contribution in [1.29, 1.82) is 0 Å². The second-order valence-corrected chi connectivity index (χ2v) is 10.6. The Balaban J connectivity index is 1.77. The quantitative estimate of drug-likeness (QED) is 0.511. The van der Waals surface area contributed by atoms with E-state index in [-0.39, 0.29) is 24.0 Å². The van der Waals surface area contributed by atoms with Gasteiger partial charge >= 0.3 is 0 Å². The number of benzene rings is 3. The molecule has 0 N–H and O–H groups in total. The van der Waals surface area contributed by atoms with Crippen molar-refractivity contribution in [2.75, 3.05) is 5.75 Å². The van der Waals surface area contributed by atoms with E-state index >= 15 is 0 Å². The molecule has 3 aromatic carbocycles. The monoisotopic (exact) mass is 447 g/mol. The van der Waals surface area contributed by atoms with Gasteiger partial charge in [0.05, 0.1) is 10.6 Å². The van der Waals surface area contributed by atoms with Crippen LogP contribution >= 0.6 is 0 Å². The smallest absolute Gasteiger partial charge is 0.178 e. The van der Waals surface area contributed by atoms with Gasteiger partial charge in [-0.1, -0.05) is 78.9 Å². The molecule has 32 heavy (non-hydrogen) atoms. The molecule has 1 heterocycles. The van der Waals surface area contributed by atoms with Crippen molar-refractivity contribution >= 4 is 15.6 Å². The van der Waals surface area contributed by atoms with Crippen LogP contribution in [0.5, 0.6) is 0 Å². The van der Waals surface area contributed by atoms with Crippen LogP contribution in [0.1, 0.15) is 37.3 Å². The lowest BCUT2D eigenvalue weighted by Gasteiger charge is -2.50. The molecule has 5 heteroatoms. The standard InChI is InChI=1S/C27H29NO3S/c1-22-17-18-26(29)27(24-13-7-3-8-14-24,28(22)21-23-11-5-2-6-12-23)19-20-32(30,31)25-15-9-4-10-16-25/h2-16,22H,17-21H2,1H3. The van der Waals surface area contributed by atoms with E-state index in [4.69, 9.17) is 0 Å². The fourth-order valence-electron chi connectivity index (χ4n) is 4.81. The summed E-state index contributed by atoms with van der Waals surface area (Å²) in [5.74, 6) is 0.0105. The van der Waals surface area contributed by atoms with Crippen LogP contribution in [0.2, 0.25) is 0 Å². The Kier molecular flexibility index (Phi) is 6.58. The van der Waals surface area contributed by atoms with E-state index in [1.165, 1.54) is 0 Å². The summed E-state index contributed by atoms with van der Waals surface area (Å²) in [6, 6.07) is 28.4. The SMILES string of the molecule is CC1CCC(=O)C(CCS(=O)(=O)c2ccccc2)(c2ccccc2)N1Cc1ccccc1. The van der Waals surface area contributed by atoms with E-state index in [1.54, 1.807) is 30.3 Å². The second-order valence-electron chi connectivity index (χ2n) is 8.53. The molecule has 166 valence electrons. The molecule has 1 aliphatic rings. The normalized spacial score (nSPS) is 22.0. The van der Waals surface area contributed by atoms with E-state index in [0.29, 0.717) is 17.9 Å². The Morgan fingerprint density at radius 3 is 2.06 bits per heavy atom. The number of nitrogens with zero attached hydrogens (tertiary/aromatic N) is 1. The Morgan fingerprint density at radius 2 is 1.44 bits per heavy atom. The number of rotatable bonds is 7. The number of piperidine rings is 1. The third-order valence-corrected chi connectivity index (χ3v) is 8.29. The van der Waals surface area contributed by atoms with Gasteiger partial charge in [-0.15, -0.1) is 0 Å². The van der Waals surface area contributed by atoms with E-state index in [9.17, 15) is 13.2 Å². The molecule has 2 atom stereocenters. The topological polar surface area (TPSA) is 54.5 Å². The van der Waals surface area contributed by atoms with Crippen molar-refractivity contribution in [3.8, 4) is 0 Å².